The van der Waals surface area contributed by atoms with Gasteiger partial charge in [0.2, 0.25) is 0 Å². The third kappa shape index (κ3) is 2.36. The van der Waals surface area contributed by atoms with E-state index in [1.54, 1.807) is 0 Å². The highest BCUT2D eigenvalue weighted by atomic mass is 16.2. The average molecular weight is 252 g/mol. The number of pyridine rings is 1. The van der Waals surface area contributed by atoms with Gasteiger partial charge in [-0.3, -0.25) is 4.79 Å². The van der Waals surface area contributed by atoms with Gasteiger partial charge in [-0.2, -0.15) is 0 Å². The first-order valence-corrected chi connectivity index (χ1v) is 6.54. The molecule has 0 radical (unpaired) electrons. The minimum absolute atomic E-state index is 0.0498. The van der Waals surface area contributed by atoms with Gasteiger partial charge in [-0.05, 0) is 30.5 Å². The Balaban J connectivity index is 1.85. The monoisotopic (exact) mass is 252 g/mol. The molecular formula is C16H16N2O. The van der Waals surface area contributed by atoms with Gasteiger partial charge >= 0.3 is 0 Å². The van der Waals surface area contributed by atoms with E-state index in [0.717, 1.165) is 29.8 Å². The fraction of sp³-hybridized carbons (Fsp3) is 0.250. The van der Waals surface area contributed by atoms with Crippen LogP contribution in [0.15, 0.2) is 42.5 Å². The van der Waals surface area contributed by atoms with E-state index < -0.39 is 0 Å². The maximum atomic E-state index is 12.4. The molecule has 0 unspecified atom stereocenters. The van der Waals surface area contributed by atoms with Crippen molar-refractivity contribution in [2.24, 2.45) is 0 Å². The lowest BCUT2D eigenvalue weighted by atomic mass is 10.0. The summed E-state index contributed by atoms with van der Waals surface area (Å²) in [7, 11) is 0. The molecule has 96 valence electrons. The van der Waals surface area contributed by atoms with Gasteiger partial charge < -0.3 is 4.90 Å². The Morgan fingerprint density at radius 2 is 1.95 bits per heavy atom. The first-order chi connectivity index (χ1) is 9.24. The van der Waals surface area contributed by atoms with E-state index in [4.69, 9.17) is 0 Å². The standard InChI is InChI=1S/C16H16N2O/c1-12-7-8-14-9-10-18(16(19)15(14)17-12)11-13-5-3-2-4-6-13/h2-8H,9-11H2,1H3. The normalized spacial score (nSPS) is 14.4. The Kier molecular flexibility index (Phi) is 3.03. The lowest BCUT2D eigenvalue weighted by Crippen LogP contribution is -2.37. The molecule has 0 N–H and O–H groups in total. The van der Waals surface area contributed by atoms with Crippen molar-refractivity contribution in [3.05, 3.63) is 65.0 Å². The number of aromatic nitrogens is 1. The van der Waals surface area contributed by atoms with Crippen molar-refractivity contribution in [1.82, 2.24) is 9.88 Å². The molecule has 0 spiro atoms. The second-order valence-corrected chi connectivity index (χ2v) is 4.92. The second-order valence-electron chi connectivity index (χ2n) is 4.92. The van der Waals surface area contributed by atoms with Crippen molar-refractivity contribution in [2.45, 2.75) is 19.9 Å². The fourth-order valence-corrected chi connectivity index (χ4v) is 2.43. The summed E-state index contributed by atoms with van der Waals surface area (Å²) in [6.45, 7) is 3.35. The molecule has 1 amide bonds. The third-order valence-electron chi connectivity index (χ3n) is 3.48. The number of rotatable bonds is 2. The molecule has 3 rings (SSSR count). The lowest BCUT2D eigenvalue weighted by Gasteiger charge is -2.28. The number of benzene rings is 1. The highest BCUT2D eigenvalue weighted by Gasteiger charge is 2.25. The minimum Gasteiger partial charge on any atom is -0.333 e. The van der Waals surface area contributed by atoms with E-state index in [1.807, 2.05) is 54.3 Å². The molecule has 2 heterocycles. The summed E-state index contributed by atoms with van der Waals surface area (Å²) in [6.07, 6.45) is 0.890. The van der Waals surface area contributed by atoms with Crippen LogP contribution in [0.25, 0.3) is 0 Å². The van der Waals surface area contributed by atoms with Gasteiger partial charge in [0.25, 0.3) is 5.91 Å². The van der Waals surface area contributed by atoms with Crippen LogP contribution in [-0.4, -0.2) is 22.3 Å². The molecule has 1 aromatic carbocycles. The van der Waals surface area contributed by atoms with E-state index in [-0.39, 0.29) is 5.91 Å². The van der Waals surface area contributed by atoms with E-state index in [9.17, 15) is 4.79 Å². The summed E-state index contributed by atoms with van der Waals surface area (Å²) in [4.78, 5) is 18.7. The van der Waals surface area contributed by atoms with Gasteiger partial charge in [0.1, 0.15) is 5.69 Å². The Bertz CT molecular complexity index is 607. The van der Waals surface area contributed by atoms with Gasteiger partial charge in [-0.25, -0.2) is 4.98 Å². The molecule has 0 aliphatic carbocycles. The summed E-state index contributed by atoms with van der Waals surface area (Å²) in [5, 5.41) is 0. The van der Waals surface area contributed by atoms with Crippen LogP contribution in [0.1, 0.15) is 27.3 Å². The molecule has 3 nitrogen and oxygen atoms in total. The number of amides is 1. The Morgan fingerprint density at radius 3 is 2.74 bits per heavy atom. The minimum atomic E-state index is 0.0498. The highest BCUT2D eigenvalue weighted by Crippen LogP contribution is 2.19. The lowest BCUT2D eigenvalue weighted by molar-refractivity contribution is 0.0719. The second kappa shape index (κ2) is 4.84. The zero-order valence-electron chi connectivity index (χ0n) is 11.0. The molecule has 1 aliphatic rings. The van der Waals surface area contributed by atoms with Crippen LogP contribution in [0.2, 0.25) is 0 Å². The summed E-state index contributed by atoms with van der Waals surface area (Å²) < 4.78 is 0. The predicted molar refractivity (Wildman–Crippen MR) is 73.9 cm³/mol. The number of fused-ring (bicyclic) bond motifs is 1. The van der Waals surface area contributed by atoms with Gasteiger partial charge in [0.05, 0.1) is 0 Å². The summed E-state index contributed by atoms with van der Waals surface area (Å²) in [5.74, 6) is 0.0498. The summed E-state index contributed by atoms with van der Waals surface area (Å²) >= 11 is 0. The Morgan fingerprint density at radius 1 is 1.16 bits per heavy atom. The molecule has 1 aliphatic heterocycles. The number of aryl methyl sites for hydroxylation is 1. The smallest absolute Gasteiger partial charge is 0.273 e. The number of carbonyl (C=O) groups excluding carboxylic acids is 1. The zero-order valence-corrected chi connectivity index (χ0v) is 11.0. The molecule has 0 fully saturated rings. The molecule has 2 aromatic rings. The number of hydrogen-bond donors (Lipinski definition) is 0. The Labute approximate surface area is 112 Å². The quantitative estimate of drug-likeness (QED) is 0.823. The van der Waals surface area contributed by atoms with Crippen molar-refractivity contribution in [3.63, 3.8) is 0 Å². The molecule has 0 bridgehead atoms. The largest absolute Gasteiger partial charge is 0.333 e. The molecule has 0 saturated carbocycles. The van der Waals surface area contributed by atoms with Crippen LogP contribution in [0.4, 0.5) is 0 Å². The van der Waals surface area contributed by atoms with Crippen molar-refractivity contribution in [2.75, 3.05) is 6.54 Å². The van der Waals surface area contributed by atoms with Crippen molar-refractivity contribution < 1.29 is 4.79 Å². The molecule has 0 saturated heterocycles. The van der Waals surface area contributed by atoms with Gasteiger partial charge in [0.15, 0.2) is 0 Å². The van der Waals surface area contributed by atoms with Gasteiger partial charge in [-0.1, -0.05) is 36.4 Å². The summed E-state index contributed by atoms with van der Waals surface area (Å²) in [6, 6.07) is 14.1. The van der Waals surface area contributed by atoms with Crippen LogP contribution < -0.4 is 0 Å². The number of carbonyl (C=O) groups is 1. The van der Waals surface area contributed by atoms with Gasteiger partial charge in [-0.15, -0.1) is 0 Å². The molecule has 19 heavy (non-hydrogen) atoms. The zero-order chi connectivity index (χ0) is 13.2. The van der Waals surface area contributed by atoms with Crippen LogP contribution in [0.3, 0.4) is 0 Å². The molecule has 3 heteroatoms. The third-order valence-corrected chi connectivity index (χ3v) is 3.48. The molecule has 1 aromatic heterocycles. The van der Waals surface area contributed by atoms with E-state index in [2.05, 4.69) is 4.98 Å². The Hall–Kier alpha value is -2.16. The topological polar surface area (TPSA) is 33.2 Å². The van der Waals surface area contributed by atoms with Crippen LogP contribution in [-0.2, 0) is 13.0 Å². The van der Waals surface area contributed by atoms with Crippen molar-refractivity contribution in [1.29, 1.82) is 0 Å². The van der Waals surface area contributed by atoms with Crippen LogP contribution >= 0.6 is 0 Å². The van der Waals surface area contributed by atoms with Gasteiger partial charge in [0, 0.05) is 18.8 Å². The van der Waals surface area contributed by atoms with Crippen molar-refractivity contribution >= 4 is 5.91 Å². The maximum absolute atomic E-state index is 12.4. The van der Waals surface area contributed by atoms with E-state index in [1.165, 1.54) is 0 Å². The molecular weight excluding hydrogens is 236 g/mol. The maximum Gasteiger partial charge on any atom is 0.273 e. The fourth-order valence-electron chi connectivity index (χ4n) is 2.43. The SMILES string of the molecule is Cc1ccc2c(n1)C(=O)N(Cc1ccccc1)CC2. The predicted octanol–water partition coefficient (Wildman–Crippen LogP) is 2.59. The van der Waals surface area contributed by atoms with Crippen LogP contribution in [0, 0.1) is 6.92 Å². The average Bonchev–Trinajstić information content (AvgIpc) is 2.44. The molecule has 0 atom stereocenters. The first kappa shape index (κ1) is 11.9. The highest BCUT2D eigenvalue weighted by molar-refractivity contribution is 5.94. The number of nitrogens with zero attached hydrogens (tertiary/aromatic N) is 2. The summed E-state index contributed by atoms with van der Waals surface area (Å²) in [5.41, 5.74) is 3.75. The number of hydrogen-bond acceptors (Lipinski definition) is 2. The van der Waals surface area contributed by atoms with Crippen molar-refractivity contribution in [3.8, 4) is 0 Å². The first-order valence-electron chi connectivity index (χ1n) is 6.54. The van der Waals surface area contributed by atoms with E-state index >= 15 is 0 Å². The van der Waals surface area contributed by atoms with Crippen LogP contribution in [0.5, 0.6) is 0 Å². The van der Waals surface area contributed by atoms with E-state index in [0.29, 0.717) is 12.2 Å².